The summed E-state index contributed by atoms with van der Waals surface area (Å²) < 4.78 is 5.38. The minimum atomic E-state index is 0.182. The summed E-state index contributed by atoms with van der Waals surface area (Å²) in [5, 5.41) is 12.2. The summed E-state index contributed by atoms with van der Waals surface area (Å²) >= 11 is 0. The van der Waals surface area contributed by atoms with Gasteiger partial charge >= 0.3 is 0 Å². The number of benzene rings is 2. The maximum atomic E-state index is 9.00. The second-order valence-corrected chi connectivity index (χ2v) is 7.53. The number of hydrogen-bond acceptors (Lipinski definition) is 9. The zero-order valence-electron chi connectivity index (χ0n) is 18.0. The van der Waals surface area contributed by atoms with Crippen LogP contribution < -0.4 is 20.7 Å². The van der Waals surface area contributed by atoms with Crippen molar-refractivity contribution in [2.45, 2.75) is 13.0 Å². The van der Waals surface area contributed by atoms with Crippen LogP contribution in [0.2, 0.25) is 0 Å². The van der Waals surface area contributed by atoms with Gasteiger partial charge < -0.3 is 20.7 Å². The average molecular weight is 431 g/mol. The molecule has 3 N–H and O–H groups in total. The highest BCUT2D eigenvalue weighted by Crippen LogP contribution is 2.26. The Morgan fingerprint density at radius 3 is 2.62 bits per heavy atom. The van der Waals surface area contributed by atoms with Gasteiger partial charge in [-0.15, -0.1) is 0 Å². The van der Waals surface area contributed by atoms with Gasteiger partial charge in [-0.25, -0.2) is 0 Å². The molecule has 1 aliphatic heterocycles. The van der Waals surface area contributed by atoms with Crippen LogP contribution in [0, 0.1) is 11.3 Å². The fourth-order valence-electron chi connectivity index (χ4n) is 3.77. The number of nitrogens with one attached hydrogen (secondary N) is 1. The van der Waals surface area contributed by atoms with Crippen molar-refractivity contribution in [1.29, 1.82) is 5.26 Å². The van der Waals surface area contributed by atoms with Crippen LogP contribution in [0.15, 0.2) is 48.5 Å². The number of nitriles is 1. The molecule has 164 valence electrons. The third kappa shape index (κ3) is 5.22. The van der Waals surface area contributed by atoms with E-state index in [0.29, 0.717) is 29.6 Å². The molecule has 3 aromatic rings. The minimum Gasteiger partial charge on any atom is -0.495 e. The number of ether oxygens (including phenoxy) is 1. The molecule has 0 spiro atoms. The fraction of sp³-hybridized carbons (Fsp3) is 0.304. The van der Waals surface area contributed by atoms with Crippen molar-refractivity contribution in [1.82, 2.24) is 19.9 Å². The first-order chi connectivity index (χ1) is 15.6. The van der Waals surface area contributed by atoms with E-state index in [-0.39, 0.29) is 5.95 Å². The van der Waals surface area contributed by atoms with Gasteiger partial charge in [0.05, 0.1) is 31.0 Å². The van der Waals surface area contributed by atoms with E-state index in [9.17, 15) is 0 Å². The zero-order valence-corrected chi connectivity index (χ0v) is 18.0. The van der Waals surface area contributed by atoms with Crippen LogP contribution in [0.3, 0.4) is 0 Å². The Balaban J connectivity index is 1.42. The van der Waals surface area contributed by atoms with Crippen LogP contribution in [-0.4, -0.2) is 53.1 Å². The lowest BCUT2D eigenvalue weighted by molar-refractivity contribution is 0.278. The Hall–Kier alpha value is -3.90. The summed E-state index contributed by atoms with van der Waals surface area (Å²) in [7, 11) is 1.62. The summed E-state index contributed by atoms with van der Waals surface area (Å²) in [4.78, 5) is 17.8. The predicted octanol–water partition coefficient (Wildman–Crippen LogP) is 2.79. The summed E-state index contributed by atoms with van der Waals surface area (Å²) in [5.41, 5.74) is 8.54. The lowest BCUT2D eigenvalue weighted by Gasteiger charge is -2.23. The van der Waals surface area contributed by atoms with Gasteiger partial charge in [-0.05, 0) is 42.8 Å². The number of nitrogens with zero attached hydrogens (tertiary/aromatic N) is 6. The van der Waals surface area contributed by atoms with Gasteiger partial charge in [-0.3, -0.25) is 4.90 Å². The van der Waals surface area contributed by atoms with Gasteiger partial charge in [0.2, 0.25) is 11.9 Å². The maximum Gasteiger partial charge on any atom is 0.232 e. The van der Waals surface area contributed by atoms with Crippen LogP contribution in [0.4, 0.5) is 23.3 Å². The highest BCUT2D eigenvalue weighted by Gasteiger charge is 2.17. The van der Waals surface area contributed by atoms with Crippen molar-refractivity contribution in [2.75, 3.05) is 49.2 Å². The molecule has 1 aliphatic rings. The van der Waals surface area contributed by atoms with E-state index in [1.165, 1.54) is 0 Å². The van der Waals surface area contributed by atoms with Crippen molar-refractivity contribution in [2.24, 2.45) is 0 Å². The molecule has 0 aliphatic carbocycles. The number of nitrogens with two attached hydrogens (primary N) is 1. The van der Waals surface area contributed by atoms with Gasteiger partial charge in [0, 0.05) is 31.9 Å². The van der Waals surface area contributed by atoms with Crippen LogP contribution in [-0.2, 0) is 6.54 Å². The molecule has 0 unspecified atom stereocenters. The number of methoxy groups -OCH3 is 1. The molecule has 32 heavy (non-hydrogen) atoms. The molecule has 0 saturated carbocycles. The second kappa shape index (κ2) is 9.94. The van der Waals surface area contributed by atoms with E-state index in [1.807, 2.05) is 48.5 Å². The van der Waals surface area contributed by atoms with Gasteiger partial charge in [0.25, 0.3) is 0 Å². The fourth-order valence-corrected chi connectivity index (χ4v) is 3.77. The normalized spacial score (nSPS) is 14.4. The highest BCUT2D eigenvalue weighted by molar-refractivity contribution is 5.62. The van der Waals surface area contributed by atoms with Crippen LogP contribution in [0.5, 0.6) is 5.75 Å². The van der Waals surface area contributed by atoms with Crippen molar-refractivity contribution in [3.8, 4) is 11.8 Å². The monoisotopic (exact) mass is 430 g/mol. The van der Waals surface area contributed by atoms with E-state index in [0.717, 1.165) is 44.0 Å². The Bertz CT molecular complexity index is 1100. The molecular formula is C23H26N8O. The summed E-state index contributed by atoms with van der Waals surface area (Å²) in [6, 6.07) is 17.5. The standard InChI is InChI=1S/C23H26N8O/c1-32-20-6-3-2-5-19(20)26-23-28-21(27-22(25)29-23)16-30-11-4-12-31(14-13-30)18-9-7-17(15-24)8-10-18/h2-3,5-10H,4,11-14,16H2,1H3,(H3,25,26,27,28,29). The lowest BCUT2D eigenvalue weighted by Crippen LogP contribution is -2.31. The van der Waals surface area contributed by atoms with Gasteiger partial charge in [0.1, 0.15) is 11.6 Å². The molecule has 9 heteroatoms. The Morgan fingerprint density at radius 2 is 1.84 bits per heavy atom. The van der Waals surface area contributed by atoms with Crippen molar-refractivity contribution in [3.63, 3.8) is 0 Å². The van der Waals surface area contributed by atoms with Gasteiger partial charge in [-0.2, -0.15) is 20.2 Å². The molecule has 1 aromatic heterocycles. The SMILES string of the molecule is COc1ccccc1Nc1nc(N)nc(CN2CCCN(c3ccc(C#N)cc3)CC2)n1. The summed E-state index contributed by atoms with van der Waals surface area (Å²) in [5.74, 6) is 1.90. The quantitative estimate of drug-likeness (QED) is 0.609. The summed E-state index contributed by atoms with van der Waals surface area (Å²) in [6.07, 6.45) is 1.02. The number of nitrogen functional groups attached to an aromatic ring is 1. The number of rotatable bonds is 6. The van der Waals surface area contributed by atoms with E-state index >= 15 is 0 Å². The summed E-state index contributed by atoms with van der Waals surface area (Å²) in [6.45, 7) is 4.25. The molecule has 0 amide bonds. The maximum absolute atomic E-state index is 9.00. The Labute approximate surface area is 187 Å². The molecular weight excluding hydrogens is 404 g/mol. The first kappa shape index (κ1) is 21.3. The van der Waals surface area contributed by atoms with Gasteiger partial charge in [-0.1, -0.05) is 12.1 Å². The Morgan fingerprint density at radius 1 is 1.03 bits per heavy atom. The van der Waals surface area contributed by atoms with E-state index < -0.39 is 0 Å². The molecule has 2 heterocycles. The van der Waals surface area contributed by atoms with Crippen LogP contribution in [0.1, 0.15) is 17.8 Å². The van der Waals surface area contributed by atoms with E-state index in [2.05, 4.69) is 36.1 Å². The second-order valence-electron chi connectivity index (χ2n) is 7.53. The minimum absolute atomic E-state index is 0.182. The van der Waals surface area contributed by atoms with Crippen LogP contribution >= 0.6 is 0 Å². The highest BCUT2D eigenvalue weighted by atomic mass is 16.5. The number of anilines is 4. The molecule has 0 atom stereocenters. The molecule has 2 aromatic carbocycles. The van der Waals surface area contributed by atoms with Crippen LogP contribution in [0.25, 0.3) is 0 Å². The third-order valence-electron chi connectivity index (χ3n) is 5.37. The van der Waals surface area contributed by atoms with Crippen molar-refractivity contribution in [3.05, 3.63) is 59.9 Å². The molecule has 0 radical (unpaired) electrons. The topological polar surface area (TPSA) is 116 Å². The molecule has 4 rings (SSSR count). The van der Waals surface area contributed by atoms with Gasteiger partial charge in [0.15, 0.2) is 0 Å². The average Bonchev–Trinajstić information content (AvgIpc) is 3.05. The third-order valence-corrected chi connectivity index (χ3v) is 5.37. The van der Waals surface area contributed by atoms with Crippen molar-refractivity contribution >= 4 is 23.3 Å². The number of hydrogen-bond donors (Lipinski definition) is 2. The zero-order chi connectivity index (χ0) is 22.3. The van der Waals surface area contributed by atoms with E-state index in [4.69, 9.17) is 15.7 Å². The van der Waals surface area contributed by atoms with E-state index in [1.54, 1.807) is 7.11 Å². The van der Waals surface area contributed by atoms with Crippen molar-refractivity contribution < 1.29 is 4.74 Å². The number of para-hydroxylation sites is 2. The number of aromatic nitrogens is 3. The lowest BCUT2D eigenvalue weighted by atomic mass is 10.2. The first-order valence-electron chi connectivity index (χ1n) is 10.5. The smallest absolute Gasteiger partial charge is 0.232 e. The Kier molecular flexibility index (Phi) is 6.63. The molecule has 0 bridgehead atoms. The molecule has 1 saturated heterocycles. The molecule has 1 fully saturated rings. The predicted molar refractivity (Wildman–Crippen MR) is 124 cm³/mol. The molecule has 9 nitrogen and oxygen atoms in total. The largest absolute Gasteiger partial charge is 0.495 e. The first-order valence-corrected chi connectivity index (χ1v) is 10.5.